The van der Waals surface area contributed by atoms with Crippen LogP contribution in [0, 0.1) is 0 Å². The maximum Gasteiger partial charge on any atom is 0.255 e. The number of aromatic nitrogens is 4. The molecule has 0 atom stereocenters. The van der Waals surface area contributed by atoms with Crippen LogP contribution in [0.5, 0.6) is 0 Å². The molecule has 0 spiro atoms. The van der Waals surface area contributed by atoms with Crippen LogP contribution in [0.1, 0.15) is 35.9 Å². The molecule has 0 unspecified atom stereocenters. The first-order valence-electron chi connectivity index (χ1n) is 7.84. The highest BCUT2D eigenvalue weighted by atomic mass is 16.1. The first kappa shape index (κ1) is 14.4. The molecule has 0 bridgehead atoms. The molecular weight excluding hydrogens is 302 g/mol. The number of anilines is 1. The second kappa shape index (κ2) is 5.49. The van der Waals surface area contributed by atoms with Crippen molar-refractivity contribution in [3.8, 4) is 0 Å². The third-order valence-electron chi connectivity index (χ3n) is 4.01. The molecule has 4 rings (SSSR count). The van der Waals surface area contributed by atoms with E-state index in [0.717, 1.165) is 33.4 Å². The number of fused-ring (bicyclic) bond motifs is 2. The molecule has 2 aromatic heterocycles. The Labute approximate surface area is 138 Å². The fraction of sp³-hybridized carbons (Fsp3) is 0.167. The summed E-state index contributed by atoms with van der Waals surface area (Å²) in [5.74, 6) is 1.08. The first-order chi connectivity index (χ1) is 11.6. The van der Waals surface area contributed by atoms with Gasteiger partial charge in [0.05, 0.1) is 22.7 Å². The summed E-state index contributed by atoms with van der Waals surface area (Å²) < 4.78 is 0. The van der Waals surface area contributed by atoms with E-state index in [2.05, 4.69) is 39.3 Å². The van der Waals surface area contributed by atoms with Gasteiger partial charge in [-0.25, -0.2) is 4.98 Å². The minimum Gasteiger partial charge on any atom is -0.342 e. The Morgan fingerprint density at radius 2 is 2.00 bits per heavy atom. The number of imidazole rings is 1. The van der Waals surface area contributed by atoms with Gasteiger partial charge in [-0.15, -0.1) is 0 Å². The summed E-state index contributed by atoms with van der Waals surface area (Å²) in [4.78, 5) is 20.3. The molecule has 0 aliphatic heterocycles. The van der Waals surface area contributed by atoms with Crippen LogP contribution in [0.2, 0.25) is 0 Å². The second-order valence-corrected chi connectivity index (χ2v) is 6.13. The predicted octanol–water partition coefficient (Wildman–Crippen LogP) is 3.81. The number of H-pyrrole nitrogens is 2. The summed E-state index contributed by atoms with van der Waals surface area (Å²) >= 11 is 0. The van der Waals surface area contributed by atoms with Crippen LogP contribution in [0.15, 0.2) is 42.6 Å². The van der Waals surface area contributed by atoms with E-state index in [0.29, 0.717) is 11.5 Å². The zero-order chi connectivity index (χ0) is 16.7. The molecule has 24 heavy (non-hydrogen) atoms. The standard InChI is InChI=1S/C18H17N5O/c1-10(2)17-21-14-6-4-11(7-16(14)22-17)18(24)20-13-5-3-12-9-19-23-15(12)8-13/h3-10H,1-2H3,(H,19,23)(H,20,24)(H,21,22). The minimum atomic E-state index is -0.156. The summed E-state index contributed by atoms with van der Waals surface area (Å²) in [5.41, 5.74) is 3.94. The molecular formula is C18H17N5O. The Kier molecular flexibility index (Phi) is 3.30. The summed E-state index contributed by atoms with van der Waals surface area (Å²) in [6.07, 6.45) is 1.75. The van der Waals surface area contributed by atoms with Crippen molar-refractivity contribution < 1.29 is 4.79 Å². The number of aromatic amines is 2. The van der Waals surface area contributed by atoms with Crippen molar-refractivity contribution in [3.63, 3.8) is 0 Å². The first-order valence-corrected chi connectivity index (χ1v) is 7.84. The molecule has 120 valence electrons. The monoisotopic (exact) mass is 319 g/mol. The number of hydrogen-bond acceptors (Lipinski definition) is 3. The van der Waals surface area contributed by atoms with E-state index in [1.54, 1.807) is 12.3 Å². The molecule has 1 amide bonds. The Morgan fingerprint density at radius 3 is 2.83 bits per heavy atom. The molecule has 2 heterocycles. The summed E-state index contributed by atoms with van der Waals surface area (Å²) in [5, 5.41) is 10.8. The van der Waals surface area contributed by atoms with Gasteiger partial charge in [0.1, 0.15) is 5.82 Å². The maximum atomic E-state index is 12.5. The highest BCUT2D eigenvalue weighted by Gasteiger charge is 2.11. The van der Waals surface area contributed by atoms with Crippen molar-refractivity contribution in [2.45, 2.75) is 19.8 Å². The number of nitrogens with one attached hydrogen (secondary N) is 3. The molecule has 6 heteroatoms. The Morgan fingerprint density at radius 1 is 1.12 bits per heavy atom. The van der Waals surface area contributed by atoms with Crippen molar-refractivity contribution in [2.24, 2.45) is 0 Å². The molecule has 6 nitrogen and oxygen atoms in total. The SMILES string of the molecule is CC(C)c1nc2ccc(C(=O)Nc3ccc4cn[nH]c4c3)cc2[nH]1. The fourth-order valence-corrected chi connectivity index (χ4v) is 2.66. The van der Waals surface area contributed by atoms with Crippen LogP contribution in [-0.2, 0) is 0 Å². The van der Waals surface area contributed by atoms with E-state index in [1.165, 1.54) is 0 Å². The lowest BCUT2D eigenvalue weighted by Gasteiger charge is -2.05. The number of amides is 1. The highest BCUT2D eigenvalue weighted by molar-refractivity contribution is 6.06. The molecule has 3 N–H and O–H groups in total. The van der Waals surface area contributed by atoms with Gasteiger partial charge in [-0.2, -0.15) is 5.10 Å². The average Bonchev–Trinajstić information content (AvgIpc) is 3.20. The second-order valence-electron chi connectivity index (χ2n) is 6.13. The summed E-state index contributed by atoms with van der Waals surface area (Å²) in [7, 11) is 0. The molecule has 0 saturated heterocycles. The zero-order valence-electron chi connectivity index (χ0n) is 13.4. The van der Waals surface area contributed by atoms with Gasteiger partial charge >= 0.3 is 0 Å². The third-order valence-corrected chi connectivity index (χ3v) is 4.01. The van der Waals surface area contributed by atoms with Crippen LogP contribution in [0.3, 0.4) is 0 Å². The molecule has 0 aliphatic carbocycles. The molecule has 4 aromatic rings. The number of carbonyl (C=O) groups excluding carboxylic acids is 1. The van der Waals surface area contributed by atoms with Crippen molar-refractivity contribution in [1.29, 1.82) is 0 Å². The third kappa shape index (κ3) is 2.52. The Hall–Kier alpha value is -3.15. The van der Waals surface area contributed by atoms with Crippen molar-refractivity contribution in [1.82, 2.24) is 20.2 Å². The van der Waals surface area contributed by atoms with Gasteiger partial charge in [0, 0.05) is 22.6 Å². The lowest BCUT2D eigenvalue weighted by atomic mass is 10.1. The van der Waals surface area contributed by atoms with Crippen LogP contribution in [0.25, 0.3) is 21.9 Å². The molecule has 2 aromatic carbocycles. The molecule has 0 radical (unpaired) electrons. The van der Waals surface area contributed by atoms with E-state index in [-0.39, 0.29) is 5.91 Å². The maximum absolute atomic E-state index is 12.5. The lowest BCUT2D eigenvalue weighted by Crippen LogP contribution is -2.11. The quantitative estimate of drug-likeness (QED) is 0.536. The number of benzene rings is 2. The van der Waals surface area contributed by atoms with Gasteiger partial charge in [0.2, 0.25) is 0 Å². The number of hydrogen-bond donors (Lipinski definition) is 3. The molecule has 0 saturated carbocycles. The smallest absolute Gasteiger partial charge is 0.255 e. The van der Waals surface area contributed by atoms with E-state index < -0.39 is 0 Å². The van der Waals surface area contributed by atoms with Gasteiger partial charge in [0.15, 0.2) is 0 Å². The Balaban J connectivity index is 1.62. The van der Waals surface area contributed by atoms with Crippen LogP contribution >= 0.6 is 0 Å². The van der Waals surface area contributed by atoms with E-state index >= 15 is 0 Å². The van der Waals surface area contributed by atoms with E-state index in [4.69, 9.17) is 0 Å². The average molecular weight is 319 g/mol. The van der Waals surface area contributed by atoms with Gasteiger partial charge in [0.25, 0.3) is 5.91 Å². The lowest BCUT2D eigenvalue weighted by molar-refractivity contribution is 0.102. The largest absolute Gasteiger partial charge is 0.342 e. The van der Waals surface area contributed by atoms with Gasteiger partial charge in [-0.3, -0.25) is 9.89 Å². The highest BCUT2D eigenvalue weighted by Crippen LogP contribution is 2.20. The van der Waals surface area contributed by atoms with Crippen molar-refractivity contribution in [2.75, 3.05) is 5.32 Å². The zero-order valence-corrected chi connectivity index (χ0v) is 13.4. The van der Waals surface area contributed by atoms with Crippen molar-refractivity contribution in [3.05, 3.63) is 54.0 Å². The van der Waals surface area contributed by atoms with E-state index in [9.17, 15) is 4.79 Å². The van der Waals surface area contributed by atoms with Crippen LogP contribution in [-0.4, -0.2) is 26.1 Å². The number of nitrogens with zero attached hydrogens (tertiary/aromatic N) is 2. The fourth-order valence-electron chi connectivity index (χ4n) is 2.66. The van der Waals surface area contributed by atoms with Gasteiger partial charge in [-0.05, 0) is 36.4 Å². The normalized spacial score (nSPS) is 11.5. The van der Waals surface area contributed by atoms with Crippen molar-refractivity contribution >= 4 is 33.5 Å². The minimum absolute atomic E-state index is 0.156. The van der Waals surface area contributed by atoms with E-state index in [1.807, 2.05) is 30.3 Å². The topological polar surface area (TPSA) is 86.5 Å². The molecule has 0 fully saturated rings. The number of carbonyl (C=O) groups is 1. The van der Waals surface area contributed by atoms with Gasteiger partial charge in [-0.1, -0.05) is 13.8 Å². The number of rotatable bonds is 3. The predicted molar refractivity (Wildman–Crippen MR) is 94.2 cm³/mol. The summed E-state index contributed by atoms with van der Waals surface area (Å²) in [6.45, 7) is 4.16. The van der Waals surface area contributed by atoms with Crippen LogP contribution in [0.4, 0.5) is 5.69 Å². The molecule has 0 aliphatic rings. The Bertz CT molecular complexity index is 1040. The van der Waals surface area contributed by atoms with Gasteiger partial charge < -0.3 is 10.3 Å². The summed E-state index contributed by atoms with van der Waals surface area (Å²) in [6, 6.07) is 11.1. The van der Waals surface area contributed by atoms with Crippen LogP contribution < -0.4 is 5.32 Å².